The Labute approximate surface area is 120 Å². The van der Waals surface area contributed by atoms with Gasteiger partial charge in [0.25, 0.3) is 0 Å². The van der Waals surface area contributed by atoms with Crippen LogP contribution in [0.1, 0.15) is 16.7 Å². The molecule has 0 aliphatic rings. The zero-order chi connectivity index (χ0) is 16.5. The van der Waals surface area contributed by atoms with Crippen molar-refractivity contribution in [2.24, 2.45) is 0 Å². The minimum atomic E-state index is -4.88. The van der Waals surface area contributed by atoms with Crippen LogP contribution in [0.15, 0.2) is 47.5 Å². The molecule has 1 heterocycles. The van der Waals surface area contributed by atoms with Crippen LogP contribution in [0.4, 0.5) is 26.3 Å². The van der Waals surface area contributed by atoms with Gasteiger partial charge in [0, 0.05) is 31.1 Å². The monoisotopic (exact) mass is 321 g/mol. The lowest BCUT2D eigenvalue weighted by atomic mass is 10.0. The van der Waals surface area contributed by atoms with Gasteiger partial charge in [0.15, 0.2) is 5.43 Å². The fourth-order valence-corrected chi connectivity index (χ4v) is 1.87. The van der Waals surface area contributed by atoms with E-state index in [1.807, 2.05) is 0 Å². The summed E-state index contributed by atoms with van der Waals surface area (Å²) in [4.78, 5) is 10.9. The quantitative estimate of drug-likeness (QED) is 0.768. The van der Waals surface area contributed by atoms with Crippen molar-refractivity contribution >= 4 is 0 Å². The molecule has 0 aliphatic carbocycles. The third-order valence-electron chi connectivity index (χ3n) is 2.87. The number of aromatic nitrogens is 1. The second-order valence-electron chi connectivity index (χ2n) is 4.62. The first-order valence-corrected chi connectivity index (χ1v) is 6.00. The van der Waals surface area contributed by atoms with E-state index in [1.165, 1.54) is 17.0 Å². The van der Waals surface area contributed by atoms with Gasteiger partial charge in [0.1, 0.15) is 0 Å². The Hall–Kier alpha value is -2.25. The van der Waals surface area contributed by atoms with Crippen molar-refractivity contribution in [1.29, 1.82) is 0 Å². The van der Waals surface area contributed by atoms with Crippen molar-refractivity contribution < 1.29 is 26.3 Å². The van der Waals surface area contributed by atoms with E-state index in [1.54, 1.807) is 0 Å². The maximum Gasteiger partial charge on any atom is 0.416 e. The Balaban J connectivity index is 2.46. The van der Waals surface area contributed by atoms with E-state index in [0.29, 0.717) is 12.1 Å². The normalized spacial score (nSPS) is 12.5. The summed E-state index contributed by atoms with van der Waals surface area (Å²) in [5.74, 6) is 0. The summed E-state index contributed by atoms with van der Waals surface area (Å²) in [6.07, 6.45) is -7.18. The minimum absolute atomic E-state index is 0.0783. The van der Waals surface area contributed by atoms with Gasteiger partial charge in [-0.05, 0) is 23.8 Å². The van der Waals surface area contributed by atoms with Gasteiger partial charge < -0.3 is 4.57 Å². The van der Waals surface area contributed by atoms with E-state index in [-0.39, 0.29) is 23.6 Å². The van der Waals surface area contributed by atoms with E-state index in [4.69, 9.17) is 0 Å². The van der Waals surface area contributed by atoms with Crippen molar-refractivity contribution in [3.63, 3.8) is 0 Å². The molecule has 0 amide bonds. The molecule has 0 spiro atoms. The van der Waals surface area contributed by atoms with Crippen LogP contribution in [-0.4, -0.2) is 4.57 Å². The fraction of sp³-hybridized carbons (Fsp3) is 0.214. The second-order valence-corrected chi connectivity index (χ2v) is 4.62. The van der Waals surface area contributed by atoms with Gasteiger partial charge in [0.05, 0.1) is 11.1 Å². The van der Waals surface area contributed by atoms with Crippen LogP contribution in [0.5, 0.6) is 0 Å². The van der Waals surface area contributed by atoms with Crippen molar-refractivity contribution in [2.45, 2.75) is 18.9 Å². The first-order valence-electron chi connectivity index (χ1n) is 6.00. The average molecular weight is 321 g/mol. The lowest BCUT2D eigenvalue weighted by Crippen LogP contribution is -2.13. The van der Waals surface area contributed by atoms with Crippen LogP contribution in [0.25, 0.3) is 0 Å². The molecule has 0 aliphatic heterocycles. The van der Waals surface area contributed by atoms with Crippen molar-refractivity contribution in [2.75, 3.05) is 0 Å². The standard InChI is InChI=1S/C14H9F6NO/c15-13(16,17)10-5-9(6-11(7-10)14(18,19)20)8-21-3-1-12(22)2-4-21/h1-7H,8H2. The molecule has 0 N–H and O–H groups in total. The van der Waals surface area contributed by atoms with E-state index >= 15 is 0 Å². The maximum atomic E-state index is 12.7. The Morgan fingerprint density at radius 2 is 1.27 bits per heavy atom. The Morgan fingerprint density at radius 1 is 0.818 bits per heavy atom. The highest BCUT2D eigenvalue weighted by atomic mass is 19.4. The molecule has 1 aromatic carbocycles. The van der Waals surface area contributed by atoms with E-state index < -0.39 is 23.5 Å². The first-order chi connectivity index (χ1) is 10.1. The summed E-state index contributed by atoms with van der Waals surface area (Å²) in [6.45, 7) is -0.215. The summed E-state index contributed by atoms with van der Waals surface area (Å²) in [5.41, 5.74) is -3.20. The number of hydrogen-bond donors (Lipinski definition) is 0. The summed E-state index contributed by atoms with van der Waals surface area (Å²) in [5, 5.41) is 0. The highest BCUT2D eigenvalue weighted by Crippen LogP contribution is 2.36. The van der Waals surface area contributed by atoms with E-state index in [0.717, 1.165) is 12.1 Å². The van der Waals surface area contributed by atoms with Gasteiger partial charge in [-0.1, -0.05) is 0 Å². The molecule has 2 nitrogen and oxygen atoms in total. The summed E-state index contributed by atoms with van der Waals surface area (Å²) >= 11 is 0. The number of benzene rings is 1. The van der Waals surface area contributed by atoms with Crippen molar-refractivity contribution in [3.05, 3.63) is 69.6 Å². The van der Waals surface area contributed by atoms with E-state index in [9.17, 15) is 31.1 Å². The molecule has 0 atom stereocenters. The summed E-state index contributed by atoms with van der Waals surface area (Å²) in [6, 6.07) is 3.73. The molecular weight excluding hydrogens is 312 g/mol. The molecular formula is C14H9F6NO. The molecule has 118 valence electrons. The first kappa shape index (κ1) is 16.1. The van der Waals surface area contributed by atoms with E-state index in [2.05, 4.69) is 0 Å². The average Bonchev–Trinajstić information content (AvgIpc) is 2.39. The third kappa shape index (κ3) is 3.90. The van der Waals surface area contributed by atoms with Crippen LogP contribution in [0.3, 0.4) is 0 Å². The van der Waals surface area contributed by atoms with Crippen LogP contribution in [0, 0.1) is 0 Å². The van der Waals surface area contributed by atoms with Gasteiger partial charge >= 0.3 is 12.4 Å². The Morgan fingerprint density at radius 3 is 1.68 bits per heavy atom. The predicted octanol–water partition coefficient (Wildman–Crippen LogP) is 3.93. The lowest BCUT2D eigenvalue weighted by molar-refractivity contribution is -0.143. The molecule has 0 fully saturated rings. The molecule has 1 aromatic heterocycles. The zero-order valence-electron chi connectivity index (χ0n) is 10.9. The second kappa shape index (κ2) is 5.51. The molecule has 0 saturated heterocycles. The molecule has 2 rings (SSSR count). The lowest BCUT2D eigenvalue weighted by Gasteiger charge is -2.15. The largest absolute Gasteiger partial charge is 0.416 e. The number of hydrogen-bond acceptors (Lipinski definition) is 1. The third-order valence-corrected chi connectivity index (χ3v) is 2.87. The molecule has 0 radical (unpaired) electrons. The molecule has 22 heavy (non-hydrogen) atoms. The van der Waals surface area contributed by atoms with Gasteiger partial charge in [-0.15, -0.1) is 0 Å². The highest BCUT2D eigenvalue weighted by Gasteiger charge is 2.36. The molecule has 0 unspecified atom stereocenters. The molecule has 0 bridgehead atoms. The predicted molar refractivity (Wildman–Crippen MR) is 66.3 cm³/mol. The van der Waals surface area contributed by atoms with Crippen LogP contribution in [0.2, 0.25) is 0 Å². The van der Waals surface area contributed by atoms with Gasteiger partial charge in [-0.2, -0.15) is 26.3 Å². The highest BCUT2D eigenvalue weighted by molar-refractivity contribution is 5.33. The van der Waals surface area contributed by atoms with Gasteiger partial charge in [-0.3, -0.25) is 4.79 Å². The number of nitrogens with zero attached hydrogens (tertiary/aromatic N) is 1. The number of alkyl halides is 6. The van der Waals surface area contributed by atoms with Crippen molar-refractivity contribution in [1.82, 2.24) is 4.57 Å². The Kier molecular flexibility index (Phi) is 4.04. The number of rotatable bonds is 2. The zero-order valence-corrected chi connectivity index (χ0v) is 10.9. The summed E-state index contributed by atoms with van der Waals surface area (Å²) in [7, 11) is 0. The van der Waals surface area contributed by atoms with Crippen molar-refractivity contribution in [3.8, 4) is 0 Å². The molecule has 2 aromatic rings. The van der Waals surface area contributed by atoms with Gasteiger partial charge in [-0.25, -0.2) is 0 Å². The minimum Gasteiger partial charge on any atom is -0.350 e. The Bertz CT molecular complexity index is 677. The number of halogens is 6. The smallest absolute Gasteiger partial charge is 0.350 e. The topological polar surface area (TPSA) is 22.0 Å². The fourth-order valence-electron chi connectivity index (χ4n) is 1.87. The SMILES string of the molecule is O=c1ccn(Cc2cc(C(F)(F)F)cc(C(F)(F)F)c2)cc1. The molecule has 0 saturated carbocycles. The number of pyridine rings is 1. The van der Waals surface area contributed by atoms with Crippen LogP contribution >= 0.6 is 0 Å². The summed E-state index contributed by atoms with van der Waals surface area (Å²) < 4.78 is 77.6. The van der Waals surface area contributed by atoms with Crippen LogP contribution in [-0.2, 0) is 18.9 Å². The maximum absolute atomic E-state index is 12.7. The van der Waals surface area contributed by atoms with Crippen LogP contribution < -0.4 is 5.43 Å². The molecule has 8 heteroatoms. The van der Waals surface area contributed by atoms with Gasteiger partial charge in [0.2, 0.25) is 0 Å².